The average Bonchev–Trinajstić information content (AvgIpc) is 3.15. The first-order valence-corrected chi connectivity index (χ1v) is 19.1. The number of carboxylic acids is 1. The molecule has 1 aromatic carbocycles. The van der Waals surface area contributed by atoms with E-state index >= 15 is 0 Å². The maximum absolute atomic E-state index is 13.6. The van der Waals surface area contributed by atoms with E-state index in [4.69, 9.17) is 28.4 Å². The van der Waals surface area contributed by atoms with Crippen molar-refractivity contribution in [1.82, 2.24) is 0 Å². The first-order valence-electron chi connectivity index (χ1n) is 19.1. The molecule has 0 amide bonds. The van der Waals surface area contributed by atoms with Gasteiger partial charge in [0, 0.05) is 0 Å². The molecule has 2 saturated carbocycles. The molecule has 5 rings (SSSR count). The van der Waals surface area contributed by atoms with Gasteiger partial charge < -0.3 is 63.9 Å². The third-order valence-corrected chi connectivity index (χ3v) is 11.1. The molecular weight excluding hydrogens is 703 g/mol. The van der Waals surface area contributed by atoms with Gasteiger partial charge in [0.25, 0.3) is 0 Å². The predicted molar refractivity (Wildman–Crippen MR) is 181 cm³/mol. The fourth-order valence-electron chi connectivity index (χ4n) is 8.11. The monoisotopic (exact) mass is 760 g/mol. The Morgan fingerprint density at radius 2 is 1.57 bits per heavy atom. The number of benzene rings is 1. The van der Waals surface area contributed by atoms with Gasteiger partial charge in [0.05, 0.1) is 42.6 Å². The number of unbranched alkanes of at least 4 members (excludes halogenated alkanes) is 1. The molecule has 2 aliphatic heterocycles. The summed E-state index contributed by atoms with van der Waals surface area (Å²) < 4.78 is 37.1. The van der Waals surface area contributed by atoms with Crippen LogP contribution in [0.2, 0.25) is 0 Å². The summed E-state index contributed by atoms with van der Waals surface area (Å²) in [7, 11) is 0. The van der Waals surface area contributed by atoms with Crippen molar-refractivity contribution in [1.29, 1.82) is 0 Å². The molecule has 0 spiro atoms. The van der Waals surface area contributed by atoms with Crippen LogP contribution in [0.3, 0.4) is 0 Å². The van der Waals surface area contributed by atoms with Gasteiger partial charge in [0.1, 0.15) is 36.6 Å². The minimum Gasteiger partial charge on any atom is -0.547 e. The second kappa shape index (κ2) is 21.3. The van der Waals surface area contributed by atoms with Crippen molar-refractivity contribution < 1.29 is 98.2 Å². The molecule has 53 heavy (non-hydrogen) atoms. The number of aliphatic hydroxyl groups is 5. The van der Waals surface area contributed by atoms with Crippen LogP contribution < -0.4 is 34.7 Å². The van der Waals surface area contributed by atoms with Gasteiger partial charge in [-0.15, -0.1) is 0 Å². The number of aliphatic carboxylic acids is 1. The first-order chi connectivity index (χ1) is 25.0. The van der Waals surface area contributed by atoms with Crippen LogP contribution in [0.25, 0.3) is 0 Å². The zero-order valence-corrected chi connectivity index (χ0v) is 33.1. The third kappa shape index (κ3) is 11.4. The number of ether oxygens (including phenoxy) is 6. The summed E-state index contributed by atoms with van der Waals surface area (Å²) >= 11 is 0. The number of rotatable bonds is 15. The van der Waals surface area contributed by atoms with Crippen molar-refractivity contribution in [3.05, 3.63) is 35.9 Å². The Morgan fingerprint density at radius 3 is 2.23 bits per heavy atom. The largest absolute Gasteiger partial charge is 1.00 e. The zero-order chi connectivity index (χ0) is 37.4. The second-order valence-corrected chi connectivity index (χ2v) is 14.9. The minimum absolute atomic E-state index is 0. The molecule has 0 unspecified atom stereocenters. The zero-order valence-electron chi connectivity index (χ0n) is 31.1. The number of aliphatic hydroxyl groups excluding tert-OH is 5. The summed E-state index contributed by atoms with van der Waals surface area (Å²) in [6.07, 6.45) is -7.50. The van der Waals surface area contributed by atoms with Crippen molar-refractivity contribution in [2.45, 2.75) is 171 Å². The standard InChI is InChI=1S/C38H58O14.Na/c1-3-4-14-23-17-11-18-25(32(23)52-37-31(43)30(42)28(40)21(2)47-37)49-38-34(51-36(46)24-15-9-6-10-16-24)33(29(41)27(20-39)50-38)48-26(35(44)45)19-22-12-7-5-8-13-22;/h6,9-10,15-16,21-23,25-34,37-43H,3-5,7-8,11-14,17-20H2,1-2H3,(H,44,45);/q;+1/p-1/t21-,23-,25+,26-,27+,28+,29-,30+,31-,32+,33-,34+,37-,38+;/m0./s1. The quantitative estimate of drug-likeness (QED) is 0.100. The maximum atomic E-state index is 13.6. The van der Waals surface area contributed by atoms with Crippen LogP contribution in [0.1, 0.15) is 101 Å². The Kier molecular flexibility index (Phi) is 17.9. The predicted octanol–water partition coefficient (Wildman–Crippen LogP) is -1.64. The number of hydrogen-bond acceptors (Lipinski definition) is 14. The smallest absolute Gasteiger partial charge is 0.547 e. The molecule has 5 N–H and O–H groups in total. The molecule has 2 aliphatic carbocycles. The van der Waals surface area contributed by atoms with E-state index in [1.54, 1.807) is 37.3 Å². The number of esters is 1. The Labute approximate surface area is 333 Å². The number of carbonyl (C=O) groups excluding carboxylic acids is 2. The van der Waals surface area contributed by atoms with Crippen LogP contribution in [0.15, 0.2) is 30.3 Å². The maximum Gasteiger partial charge on any atom is 1.00 e. The molecule has 15 heteroatoms. The molecule has 4 aliphatic rings. The summed E-state index contributed by atoms with van der Waals surface area (Å²) in [6.45, 7) is 2.95. The van der Waals surface area contributed by atoms with E-state index in [0.717, 1.165) is 64.2 Å². The average molecular weight is 761 g/mol. The SMILES string of the molecule is CCCC[C@H]1CCC[C@@H](O[C@@H]2O[C@H](CO)[C@H](O)[C@H](O[C@@H](CC3CCCCC3)C(=O)[O-])[C@H]2OC(=O)c2ccccc2)[C@@H]1O[C@@H]1O[C@@H](C)[C@@H](O)[C@@H](O)[C@@H]1O.[Na+]. The molecule has 0 aromatic heterocycles. The van der Waals surface area contributed by atoms with E-state index in [-0.39, 0.29) is 53.4 Å². The summed E-state index contributed by atoms with van der Waals surface area (Å²) in [4.78, 5) is 26.0. The van der Waals surface area contributed by atoms with Crippen molar-refractivity contribution >= 4 is 11.9 Å². The first kappa shape index (κ1) is 44.5. The molecule has 0 bridgehead atoms. The Morgan fingerprint density at radius 1 is 0.849 bits per heavy atom. The van der Waals surface area contributed by atoms with Gasteiger partial charge in [0.2, 0.25) is 0 Å². The molecule has 294 valence electrons. The second-order valence-electron chi connectivity index (χ2n) is 14.9. The van der Waals surface area contributed by atoms with Crippen molar-refractivity contribution in [3.63, 3.8) is 0 Å². The van der Waals surface area contributed by atoms with E-state index in [1.165, 1.54) is 0 Å². The summed E-state index contributed by atoms with van der Waals surface area (Å²) in [5.41, 5.74) is 0.189. The van der Waals surface area contributed by atoms with Crippen LogP contribution in [0, 0.1) is 11.8 Å². The van der Waals surface area contributed by atoms with E-state index in [9.17, 15) is 40.2 Å². The van der Waals surface area contributed by atoms with Gasteiger partial charge in [-0.25, -0.2) is 4.79 Å². The molecule has 2 heterocycles. The van der Waals surface area contributed by atoms with Crippen LogP contribution in [-0.2, 0) is 33.2 Å². The molecular formula is C38H57NaO14. The number of carboxylic acid groups (broad SMARTS) is 1. The summed E-state index contributed by atoms with van der Waals surface area (Å²) in [5, 5.41) is 65.9. The van der Waals surface area contributed by atoms with E-state index in [1.807, 2.05) is 0 Å². The van der Waals surface area contributed by atoms with Crippen LogP contribution in [-0.4, -0.2) is 124 Å². The van der Waals surface area contributed by atoms with Crippen molar-refractivity contribution in [3.8, 4) is 0 Å². The van der Waals surface area contributed by atoms with Gasteiger partial charge >= 0.3 is 35.5 Å². The minimum atomic E-state index is -1.61. The van der Waals surface area contributed by atoms with E-state index in [0.29, 0.717) is 6.42 Å². The Balaban J connectivity index is 0.00000627. The molecule has 14 atom stereocenters. The molecule has 1 aromatic rings. The van der Waals surface area contributed by atoms with Crippen molar-refractivity contribution in [2.24, 2.45) is 11.8 Å². The van der Waals surface area contributed by atoms with Gasteiger partial charge in [0.15, 0.2) is 18.7 Å². The molecule has 2 saturated heterocycles. The van der Waals surface area contributed by atoms with Crippen LogP contribution in [0.4, 0.5) is 0 Å². The topological polar surface area (TPSA) is 214 Å². The van der Waals surface area contributed by atoms with Gasteiger partial charge in [-0.05, 0) is 56.6 Å². The van der Waals surface area contributed by atoms with Crippen molar-refractivity contribution in [2.75, 3.05) is 6.61 Å². The Hall–Kier alpha value is -1.24. The fourth-order valence-corrected chi connectivity index (χ4v) is 8.11. The van der Waals surface area contributed by atoms with Crippen LogP contribution >= 0.6 is 0 Å². The summed E-state index contributed by atoms with van der Waals surface area (Å²) in [6, 6.07) is 8.13. The molecule has 0 radical (unpaired) electrons. The van der Waals surface area contributed by atoms with Gasteiger partial charge in [-0.1, -0.05) is 76.5 Å². The summed E-state index contributed by atoms with van der Waals surface area (Å²) in [5.74, 6) is -2.27. The fraction of sp³-hybridized carbons (Fsp3) is 0.789. The Bertz CT molecular complexity index is 1250. The van der Waals surface area contributed by atoms with Crippen LogP contribution in [0.5, 0.6) is 0 Å². The third-order valence-electron chi connectivity index (χ3n) is 11.1. The van der Waals surface area contributed by atoms with E-state index in [2.05, 4.69) is 6.92 Å². The molecule has 4 fully saturated rings. The number of carbonyl (C=O) groups is 2. The van der Waals surface area contributed by atoms with Gasteiger partial charge in [-0.3, -0.25) is 0 Å². The van der Waals surface area contributed by atoms with Gasteiger partial charge in [-0.2, -0.15) is 0 Å². The molecule has 14 nitrogen and oxygen atoms in total. The normalized spacial score (nSPS) is 37.3. The number of hydrogen-bond donors (Lipinski definition) is 5. The van der Waals surface area contributed by atoms with E-state index < -0.39 is 98.3 Å².